The molecule has 0 heterocycles. The molecule has 0 unspecified atom stereocenters. The van der Waals surface area contributed by atoms with Crippen molar-refractivity contribution in [3.63, 3.8) is 0 Å². The Labute approximate surface area is 159 Å². The molecule has 0 aromatic heterocycles. The smallest absolute Gasteiger partial charge is 0.169 e. The van der Waals surface area contributed by atoms with Gasteiger partial charge in [-0.1, -0.05) is 67.9 Å². The van der Waals surface area contributed by atoms with Gasteiger partial charge in [0.15, 0.2) is 14.7 Å². The molecule has 0 atom stereocenters. The van der Waals surface area contributed by atoms with Crippen molar-refractivity contribution < 1.29 is 17.0 Å². The second kappa shape index (κ2) is 9.71. The third kappa shape index (κ3) is 4.52. The highest BCUT2D eigenvalue weighted by Crippen LogP contribution is 2.33. The molecule has 0 saturated heterocycles. The van der Waals surface area contributed by atoms with Crippen molar-refractivity contribution in [2.75, 3.05) is 0 Å². The number of unbranched alkanes of at least 4 members (excludes halogenated alkanes) is 1. The average Bonchev–Trinajstić information content (AvgIpc) is 2.63. The van der Waals surface area contributed by atoms with Crippen LogP contribution in [0.5, 0.6) is 0 Å². The molecule has 0 fully saturated rings. The highest BCUT2D eigenvalue weighted by Gasteiger charge is 2.30. The summed E-state index contributed by atoms with van der Waals surface area (Å²) >= 11 is 0. The van der Waals surface area contributed by atoms with E-state index in [4.69, 9.17) is 0 Å². The zero-order valence-corrected chi connectivity index (χ0v) is 16.4. The van der Waals surface area contributed by atoms with Crippen LogP contribution in [0, 0.1) is 0 Å². The highest BCUT2D eigenvalue weighted by atomic mass is 79.9. The van der Waals surface area contributed by atoms with Crippen molar-refractivity contribution in [2.24, 2.45) is 0 Å². The number of halogens is 1. The first-order valence-corrected chi connectivity index (χ1v) is 9.55. The summed E-state index contributed by atoms with van der Waals surface area (Å²) in [6, 6.07) is 30.8. The molecule has 0 amide bonds. The average molecular weight is 399 g/mol. The summed E-state index contributed by atoms with van der Waals surface area (Å²) in [5.41, 5.74) is 1.49. The van der Waals surface area contributed by atoms with Gasteiger partial charge in [-0.15, -0.1) is 0 Å². The first-order valence-electron chi connectivity index (χ1n) is 8.32. The van der Waals surface area contributed by atoms with E-state index in [0.29, 0.717) is 0 Å². The molecule has 3 aromatic carbocycles. The Balaban J connectivity index is 0.00000208. The van der Waals surface area contributed by atoms with Crippen LogP contribution in [0.4, 0.5) is 0 Å². The molecule has 2 heteroatoms. The van der Waals surface area contributed by atoms with Crippen LogP contribution in [0.15, 0.2) is 99.6 Å². The maximum absolute atomic E-state index is 2.31. The van der Waals surface area contributed by atoms with Crippen molar-refractivity contribution in [2.45, 2.75) is 40.9 Å². The van der Waals surface area contributed by atoms with Crippen LogP contribution in [0.25, 0.3) is 0 Å². The number of hydrogen-bond acceptors (Lipinski definition) is 0. The molecule has 0 aliphatic rings. The number of rotatable bonds is 6. The summed E-state index contributed by atoms with van der Waals surface area (Å²) in [4.78, 5) is 4.25. The van der Waals surface area contributed by atoms with Crippen LogP contribution in [0.3, 0.4) is 0 Å². The molecular formula is C22H23BrS. The third-order valence-electron chi connectivity index (χ3n) is 3.95. The SMILES string of the molecule is CCCCc1ccccc1[S+](c1ccccc1)c1ccccc1.[Br-]. The first kappa shape index (κ1) is 18.8. The van der Waals surface area contributed by atoms with E-state index in [1.54, 1.807) is 0 Å². The lowest BCUT2D eigenvalue weighted by Crippen LogP contribution is -3.00. The fourth-order valence-electron chi connectivity index (χ4n) is 2.78. The van der Waals surface area contributed by atoms with Crippen molar-refractivity contribution in [3.8, 4) is 0 Å². The van der Waals surface area contributed by atoms with Gasteiger partial charge < -0.3 is 17.0 Å². The Morgan fingerprint density at radius 1 is 0.667 bits per heavy atom. The summed E-state index contributed by atoms with van der Waals surface area (Å²) in [5.74, 6) is 0. The number of benzene rings is 3. The van der Waals surface area contributed by atoms with Crippen LogP contribution >= 0.6 is 0 Å². The number of aryl methyl sites for hydroxylation is 1. The molecule has 0 radical (unpaired) electrons. The molecule has 0 bridgehead atoms. The zero-order valence-electron chi connectivity index (χ0n) is 14.0. The van der Waals surface area contributed by atoms with Gasteiger partial charge in [-0.05, 0) is 43.2 Å². The molecule has 3 rings (SSSR count). The molecule has 0 N–H and O–H groups in total. The lowest BCUT2D eigenvalue weighted by molar-refractivity contribution is -0.00000466. The summed E-state index contributed by atoms with van der Waals surface area (Å²) in [6.45, 7) is 2.26. The minimum absolute atomic E-state index is 0. The van der Waals surface area contributed by atoms with Gasteiger partial charge in [-0.25, -0.2) is 0 Å². The van der Waals surface area contributed by atoms with Gasteiger partial charge >= 0.3 is 0 Å². The Morgan fingerprint density at radius 2 is 1.17 bits per heavy atom. The molecule has 24 heavy (non-hydrogen) atoms. The summed E-state index contributed by atoms with van der Waals surface area (Å²) in [5, 5.41) is 0. The van der Waals surface area contributed by atoms with E-state index in [1.807, 2.05) is 0 Å². The Morgan fingerprint density at radius 3 is 1.71 bits per heavy atom. The lowest BCUT2D eigenvalue weighted by Gasteiger charge is -2.11. The van der Waals surface area contributed by atoms with E-state index in [0.717, 1.165) is 6.42 Å². The van der Waals surface area contributed by atoms with Crippen LogP contribution in [0.2, 0.25) is 0 Å². The maximum Gasteiger partial charge on any atom is 0.169 e. The normalized spacial score (nSPS) is 10.4. The summed E-state index contributed by atoms with van der Waals surface area (Å²) in [7, 11) is -0.0297. The van der Waals surface area contributed by atoms with E-state index >= 15 is 0 Å². The van der Waals surface area contributed by atoms with Crippen molar-refractivity contribution >= 4 is 10.9 Å². The molecule has 3 aromatic rings. The van der Waals surface area contributed by atoms with Crippen molar-refractivity contribution in [3.05, 3.63) is 90.5 Å². The lowest BCUT2D eigenvalue weighted by atomic mass is 10.1. The molecule has 0 aliphatic heterocycles. The minimum Gasteiger partial charge on any atom is -1.00 e. The van der Waals surface area contributed by atoms with Gasteiger partial charge in [0.05, 0.1) is 10.9 Å². The summed E-state index contributed by atoms with van der Waals surface area (Å²) in [6.07, 6.45) is 3.65. The van der Waals surface area contributed by atoms with E-state index < -0.39 is 0 Å². The molecule has 124 valence electrons. The van der Waals surface area contributed by atoms with Gasteiger partial charge in [0.2, 0.25) is 0 Å². The van der Waals surface area contributed by atoms with Gasteiger partial charge in [0, 0.05) is 5.56 Å². The topological polar surface area (TPSA) is 0 Å². The predicted molar refractivity (Wildman–Crippen MR) is 100 cm³/mol. The van der Waals surface area contributed by atoms with E-state index in [2.05, 4.69) is 91.9 Å². The fraction of sp³-hybridized carbons (Fsp3) is 0.182. The second-order valence-corrected chi connectivity index (χ2v) is 7.64. The van der Waals surface area contributed by atoms with Gasteiger partial charge in [-0.2, -0.15) is 0 Å². The van der Waals surface area contributed by atoms with Gasteiger partial charge in [0.1, 0.15) is 0 Å². The van der Waals surface area contributed by atoms with Gasteiger partial charge in [0.25, 0.3) is 0 Å². The van der Waals surface area contributed by atoms with Crippen molar-refractivity contribution in [1.29, 1.82) is 0 Å². The Hall–Kier alpha value is -1.51. The highest BCUT2D eigenvalue weighted by molar-refractivity contribution is 7.97. The summed E-state index contributed by atoms with van der Waals surface area (Å²) < 4.78 is 0. The quantitative estimate of drug-likeness (QED) is 0.559. The fourth-order valence-corrected chi connectivity index (χ4v) is 5.07. The third-order valence-corrected chi connectivity index (χ3v) is 6.28. The van der Waals surface area contributed by atoms with Crippen molar-refractivity contribution in [1.82, 2.24) is 0 Å². The largest absolute Gasteiger partial charge is 1.00 e. The first-order chi connectivity index (χ1) is 11.4. The monoisotopic (exact) mass is 398 g/mol. The maximum atomic E-state index is 2.31. The molecule has 0 aliphatic carbocycles. The van der Waals surface area contributed by atoms with Crippen LogP contribution in [-0.4, -0.2) is 0 Å². The van der Waals surface area contributed by atoms with Crippen LogP contribution in [0.1, 0.15) is 25.3 Å². The Bertz CT molecular complexity index is 686. The van der Waals surface area contributed by atoms with E-state index in [1.165, 1.54) is 33.1 Å². The standard InChI is InChI=1S/C22H23S.BrH/c1-2-3-12-19-13-10-11-18-22(19)23(20-14-6-4-7-15-20)21-16-8-5-9-17-21;/h4-11,13-18H,2-3,12H2,1H3;1H/q+1;/p-1. The molecule has 0 nitrogen and oxygen atoms in total. The molecular weight excluding hydrogens is 376 g/mol. The predicted octanol–water partition coefficient (Wildman–Crippen LogP) is 3.13. The van der Waals surface area contributed by atoms with Crippen LogP contribution < -0.4 is 17.0 Å². The zero-order chi connectivity index (χ0) is 15.9. The molecule has 0 saturated carbocycles. The van der Waals surface area contributed by atoms with Crippen LogP contribution in [-0.2, 0) is 17.3 Å². The van der Waals surface area contributed by atoms with E-state index in [9.17, 15) is 0 Å². The number of hydrogen-bond donors (Lipinski definition) is 0. The minimum atomic E-state index is -0.0297. The molecule has 0 spiro atoms. The second-order valence-electron chi connectivity index (χ2n) is 5.64. The van der Waals surface area contributed by atoms with E-state index in [-0.39, 0.29) is 27.9 Å². The van der Waals surface area contributed by atoms with Gasteiger partial charge in [-0.3, -0.25) is 0 Å². The Kier molecular flexibility index (Phi) is 7.61.